The number of thiazole rings is 1. The Morgan fingerprint density at radius 1 is 0.882 bits per heavy atom. The van der Waals surface area contributed by atoms with Crippen LogP contribution in [0.25, 0.3) is 0 Å². The Bertz CT molecular complexity index is 1460. The number of rotatable bonds is 25. The summed E-state index contributed by atoms with van der Waals surface area (Å²) in [6, 6.07) is 2.76. The fraction of sp³-hybridized carbons (Fsp3) is 0.632. The number of carbonyl (C=O) groups excluding carboxylic acids is 5. The summed E-state index contributed by atoms with van der Waals surface area (Å²) in [5.74, 6) is -2.49. The van der Waals surface area contributed by atoms with E-state index in [2.05, 4.69) is 22.5 Å². The minimum Gasteiger partial charge on any atom is -0.495 e. The lowest BCUT2D eigenvalue weighted by Gasteiger charge is -2.23. The number of ether oxygens (including phenoxy) is 3. The molecule has 12 nitrogen and oxygen atoms in total. The van der Waals surface area contributed by atoms with Gasteiger partial charge < -0.3 is 24.8 Å². The van der Waals surface area contributed by atoms with Crippen molar-refractivity contribution in [1.82, 2.24) is 9.88 Å². The minimum atomic E-state index is -1.93. The molecule has 0 spiro atoms. The van der Waals surface area contributed by atoms with Crippen LogP contribution in [0, 0.1) is 0 Å². The van der Waals surface area contributed by atoms with Crippen molar-refractivity contribution in [3.8, 4) is 11.6 Å². The molecule has 1 atom stereocenters. The summed E-state index contributed by atoms with van der Waals surface area (Å²) in [5.41, 5.74) is -1.05. The Kier molecular flexibility index (Phi) is 17.4. The summed E-state index contributed by atoms with van der Waals surface area (Å²) in [7, 11) is 1.40. The molecule has 2 aromatic rings. The summed E-state index contributed by atoms with van der Waals surface area (Å²) in [6.07, 6.45) is 17.9. The molecule has 0 saturated carbocycles. The lowest BCUT2D eigenvalue weighted by Crippen LogP contribution is -2.53. The zero-order valence-corrected chi connectivity index (χ0v) is 31.8. The van der Waals surface area contributed by atoms with Gasteiger partial charge in [-0.1, -0.05) is 96.8 Å². The lowest BCUT2D eigenvalue weighted by atomic mass is 10.0. The second-order valence-electron chi connectivity index (χ2n) is 13.4. The van der Waals surface area contributed by atoms with Gasteiger partial charge >= 0.3 is 6.09 Å². The number of nitrogens with zero attached hydrogens (tertiary/aromatic N) is 2. The van der Waals surface area contributed by atoms with Crippen molar-refractivity contribution in [2.45, 2.75) is 142 Å². The van der Waals surface area contributed by atoms with E-state index < -0.39 is 35.3 Å². The molecule has 3 rings (SSSR count). The van der Waals surface area contributed by atoms with Gasteiger partial charge in [-0.25, -0.2) is 9.69 Å². The largest absolute Gasteiger partial charge is 0.495 e. The van der Waals surface area contributed by atoms with Gasteiger partial charge in [-0.3, -0.25) is 19.2 Å². The molecule has 51 heavy (non-hydrogen) atoms. The van der Waals surface area contributed by atoms with Gasteiger partial charge in [0.2, 0.25) is 17.6 Å². The highest BCUT2D eigenvalue weighted by atomic mass is 32.1. The van der Waals surface area contributed by atoms with Gasteiger partial charge in [0.15, 0.2) is 16.7 Å². The van der Waals surface area contributed by atoms with E-state index in [4.69, 9.17) is 14.2 Å². The number of anilines is 2. The second-order valence-corrected chi connectivity index (χ2v) is 14.3. The Morgan fingerprint density at radius 3 is 2.00 bits per heavy atom. The Hall–Kier alpha value is -4.00. The Balaban J connectivity index is 1.52. The molecule has 1 unspecified atom stereocenters. The third-order valence-electron chi connectivity index (χ3n) is 8.76. The van der Waals surface area contributed by atoms with Crippen LogP contribution in [-0.4, -0.2) is 64.8 Å². The maximum absolute atomic E-state index is 13.8. The van der Waals surface area contributed by atoms with Gasteiger partial charge in [0.1, 0.15) is 5.75 Å². The summed E-state index contributed by atoms with van der Waals surface area (Å²) >= 11 is 0.918. The molecule has 282 valence electrons. The topological polar surface area (TPSA) is 153 Å². The maximum atomic E-state index is 13.8. The smallest absolute Gasteiger partial charge is 0.418 e. The third-order valence-corrected chi connectivity index (χ3v) is 9.60. The van der Waals surface area contributed by atoms with E-state index in [1.165, 1.54) is 109 Å². The molecular weight excluding hydrogens is 673 g/mol. The van der Waals surface area contributed by atoms with E-state index in [0.717, 1.165) is 30.6 Å². The standard InChI is InChI=1S/C38H56N4O8S/c1-6-8-9-10-11-12-13-14-15-16-17-18-19-20-21-22-30(43)39-27-23-24-29(48-5)28(25-27)40-34(45)32(42-36(46)38(3,4)50-37(42)47)33(44)35-41-31(26-51-35)49-7-2/h23-26,32H,6-22H2,1-5H3,(H,39,43)(H,40,45). The molecule has 4 amide bonds. The molecule has 1 aliphatic heterocycles. The number of nitrogens with one attached hydrogen (secondary N) is 2. The predicted molar refractivity (Wildman–Crippen MR) is 199 cm³/mol. The van der Waals surface area contributed by atoms with Crippen molar-refractivity contribution in [2.24, 2.45) is 0 Å². The van der Waals surface area contributed by atoms with Crippen LogP contribution in [-0.2, 0) is 19.1 Å². The first-order chi connectivity index (χ1) is 24.5. The molecule has 2 heterocycles. The van der Waals surface area contributed by atoms with Crippen LogP contribution in [0.4, 0.5) is 16.2 Å². The molecular formula is C38H56N4O8S. The quantitative estimate of drug-likeness (QED) is 0.0581. The van der Waals surface area contributed by atoms with E-state index in [9.17, 15) is 24.0 Å². The highest BCUT2D eigenvalue weighted by molar-refractivity contribution is 7.12. The van der Waals surface area contributed by atoms with Crippen LogP contribution < -0.4 is 20.1 Å². The average Bonchev–Trinajstić information content (AvgIpc) is 3.64. The lowest BCUT2D eigenvalue weighted by molar-refractivity contribution is -0.137. The monoisotopic (exact) mass is 728 g/mol. The molecule has 1 aromatic heterocycles. The molecule has 1 fully saturated rings. The maximum Gasteiger partial charge on any atom is 0.418 e. The zero-order chi connectivity index (χ0) is 37.2. The molecule has 13 heteroatoms. The molecule has 0 radical (unpaired) electrons. The SMILES string of the molecule is CCCCCCCCCCCCCCCCCC(=O)Nc1ccc(OC)c(NC(=O)C(C(=O)c2nc(OCC)cs2)N2C(=O)OC(C)(C)C2=O)c1. The van der Waals surface area contributed by atoms with Gasteiger partial charge in [0.25, 0.3) is 11.8 Å². The molecule has 0 aliphatic carbocycles. The highest BCUT2D eigenvalue weighted by Gasteiger charge is 2.54. The molecule has 1 aromatic carbocycles. The van der Waals surface area contributed by atoms with E-state index in [-0.39, 0.29) is 28.2 Å². The normalized spacial score (nSPS) is 14.3. The van der Waals surface area contributed by atoms with Gasteiger partial charge in [0.05, 0.1) is 24.8 Å². The van der Waals surface area contributed by atoms with Gasteiger partial charge in [-0.15, -0.1) is 11.3 Å². The number of hydrogen-bond donors (Lipinski definition) is 2. The van der Waals surface area contributed by atoms with Crippen LogP contribution in [0.3, 0.4) is 0 Å². The van der Waals surface area contributed by atoms with E-state index in [0.29, 0.717) is 23.6 Å². The summed E-state index contributed by atoms with van der Waals surface area (Å²) in [4.78, 5) is 70.8. The first-order valence-corrected chi connectivity index (χ1v) is 19.4. The Morgan fingerprint density at radius 2 is 1.47 bits per heavy atom. The van der Waals surface area contributed by atoms with Gasteiger partial charge in [-0.05, 0) is 45.4 Å². The number of methoxy groups -OCH3 is 1. The molecule has 2 N–H and O–H groups in total. The van der Waals surface area contributed by atoms with Crippen molar-refractivity contribution in [2.75, 3.05) is 24.4 Å². The van der Waals surface area contributed by atoms with Crippen LogP contribution in [0.2, 0.25) is 0 Å². The zero-order valence-electron chi connectivity index (χ0n) is 31.0. The number of amides is 4. The van der Waals surface area contributed by atoms with Crippen molar-refractivity contribution < 1.29 is 38.2 Å². The number of imide groups is 1. The van der Waals surface area contributed by atoms with E-state index in [1.54, 1.807) is 19.1 Å². The number of aromatic nitrogens is 1. The number of Topliss-reactive ketones (excluding diaryl/α,β-unsaturated/α-hetero) is 1. The van der Waals surface area contributed by atoms with Crippen molar-refractivity contribution >= 4 is 52.3 Å². The summed E-state index contributed by atoms with van der Waals surface area (Å²) in [6.45, 7) is 7.05. The van der Waals surface area contributed by atoms with Crippen LogP contribution >= 0.6 is 11.3 Å². The highest BCUT2D eigenvalue weighted by Crippen LogP contribution is 2.32. The third kappa shape index (κ3) is 12.9. The number of hydrogen-bond acceptors (Lipinski definition) is 10. The second kappa shape index (κ2) is 21.4. The van der Waals surface area contributed by atoms with Gasteiger partial charge in [0, 0.05) is 12.1 Å². The fourth-order valence-corrected chi connectivity index (χ4v) is 6.63. The van der Waals surface area contributed by atoms with Crippen molar-refractivity contribution in [3.63, 3.8) is 0 Å². The summed E-state index contributed by atoms with van der Waals surface area (Å²) < 4.78 is 15.9. The van der Waals surface area contributed by atoms with Crippen molar-refractivity contribution in [1.29, 1.82) is 0 Å². The fourth-order valence-electron chi connectivity index (χ4n) is 5.93. The van der Waals surface area contributed by atoms with Crippen LogP contribution in [0.1, 0.15) is 140 Å². The minimum absolute atomic E-state index is 0.124. The van der Waals surface area contributed by atoms with Crippen LogP contribution in [0.15, 0.2) is 23.6 Å². The molecule has 1 saturated heterocycles. The Labute approximate surface area is 306 Å². The number of unbranched alkanes of at least 4 members (excludes halogenated alkanes) is 14. The molecule has 1 aliphatic rings. The van der Waals surface area contributed by atoms with Crippen LogP contribution in [0.5, 0.6) is 11.6 Å². The first-order valence-electron chi connectivity index (χ1n) is 18.5. The van der Waals surface area contributed by atoms with E-state index >= 15 is 0 Å². The molecule has 0 bridgehead atoms. The predicted octanol–water partition coefficient (Wildman–Crippen LogP) is 8.70. The summed E-state index contributed by atoms with van der Waals surface area (Å²) in [5, 5.41) is 6.83. The van der Waals surface area contributed by atoms with Crippen molar-refractivity contribution in [3.05, 3.63) is 28.6 Å². The number of ketones is 1. The number of benzene rings is 1. The average molecular weight is 729 g/mol. The number of carbonyl (C=O) groups is 5. The first kappa shape index (κ1) is 41.4. The number of cyclic esters (lactones) is 1. The van der Waals surface area contributed by atoms with Gasteiger partial charge in [-0.2, -0.15) is 4.98 Å². The van der Waals surface area contributed by atoms with E-state index in [1.807, 2.05) is 0 Å².